The lowest BCUT2D eigenvalue weighted by molar-refractivity contribution is 0.671. The fraction of sp³-hybridized carbons (Fsp3) is 0. The van der Waals surface area contributed by atoms with Crippen LogP contribution in [0.4, 0.5) is 0 Å². The standard InChI is InChI=1S/C48H28N4O/c1-3-14-30(15-4-1)45-36-20-9-11-21-39(36)49-48(50-45)52-40-26-23-29-13-7-8-18-32(29)44(40)38-27-37-34-24-25-35-33-19-10-12-22-43(33)53-47(35)46(34)51(41(37)28-42(38)52)31-16-5-2-6-17-31/h1-28H. The quantitative estimate of drug-likeness (QED) is 0.187. The van der Waals surface area contributed by atoms with E-state index in [-0.39, 0.29) is 0 Å². The molecule has 5 heteroatoms. The fourth-order valence-electron chi connectivity index (χ4n) is 8.60. The first-order valence-electron chi connectivity index (χ1n) is 17.9. The summed E-state index contributed by atoms with van der Waals surface area (Å²) in [4.78, 5) is 10.7. The van der Waals surface area contributed by atoms with Gasteiger partial charge in [-0.15, -0.1) is 0 Å². The van der Waals surface area contributed by atoms with E-state index in [2.05, 4.69) is 161 Å². The molecule has 0 spiro atoms. The number of benzene rings is 8. The highest BCUT2D eigenvalue weighted by molar-refractivity contribution is 6.27. The highest BCUT2D eigenvalue weighted by Crippen LogP contribution is 2.44. The third-order valence-electron chi connectivity index (χ3n) is 10.9. The summed E-state index contributed by atoms with van der Waals surface area (Å²) in [7, 11) is 0. The second kappa shape index (κ2) is 10.6. The van der Waals surface area contributed by atoms with Crippen molar-refractivity contribution >= 4 is 87.2 Å². The van der Waals surface area contributed by atoms with E-state index < -0.39 is 0 Å². The first kappa shape index (κ1) is 28.5. The van der Waals surface area contributed by atoms with E-state index >= 15 is 0 Å². The summed E-state index contributed by atoms with van der Waals surface area (Å²) in [6.45, 7) is 0. The summed E-state index contributed by atoms with van der Waals surface area (Å²) in [5.41, 5.74) is 9.96. The van der Waals surface area contributed by atoms with Crippen LogP contribution in [0.25, 0.3) is 110 Å². The SMILES string of the molecule is c1ccc(-c2nc(-n3c4cc5c(cc4c4c6ccccc6ccc43)c3ccc4c6ccccc6oc4c3n5-c3ccccc3)nc3ccccc23)cc1. The van der Waals surface area contributed by atoms with Gasteiger partial charge in [-0.2, -0.15) is 0 Å². The molecule has 0 atom stereocenters. The Labute approximate surface area is 302 Å². The van der Waals surface area contributed by atoms with Crippen molar-refractivity contribution in [2.75, 3.05) is 0 Å². The molecule has 246 valence electrons. The molecular formula is C48H28N4O. The minimum Gasteiger partial charge on any atom is -0.454 e. The number of rotatable bonds is 3. The maximum atomic E-state index is 6.71. The number of furan rings is 1. The number of hydrogen-bond acceptors (Lipinski definition) is 3. The van der Waals surface area contributed by atoms with E-state index in [1.54, 1.807) is 0 Å². The number of nitrogens with zero attached hydrogens (tertiary/aromatic N) is 4. The van der Waals surface area contributed by atoms with E-state index in [9.17, 15) is 0 Å². The zero-order chi connectivity index (χ0) is 34.6. The smallest absolute Gasteiger partial charge is 0.235 e. The Bertz CT molecular complexity index is 3450. The van der Waals surface area contributed by atoms with Gasteiger partial charge in [-0.1, -0.05) is 121 Å². The summed E-state index contributed by atoms with van der Waals surface area (Å²) >= 11 is 0. The molecular weight excluding hydrogens is 649 g/mol. The third-order valence-corrected chi connectivity index (χ3v) is 10.9. The summed E-state index contributed by atoms with van der Waals surface area (Å²) < 4.78 is 11.3. The molecule has 0 radical (unpaired) electrons. The van der Waals surface area contributed by atoms with Gasteiger partial charge in [0.15, 0.2) is 5.58 Å². The summed E-state index contributed by atoms with van der Waals surface area (Å²) in [6.07, 6.45) is 0. The molecule has 4 heterocycles. The van der Waals surface area contributed by atoms with Crippen LogP contribution in [0.2, 0.25) is 0 Å². The van der Waals surface area contributed by atoms with Crippen molar-refractivity contribution in [1.29, 1.82) is 0 Å². The Hall–Kier alpha value is -7.24. The van der Waals surface area contributed by atoms with Gasteiger partial charge in [-0.3, -0.25) is 4.57 Å². The second-order valence-electron chi connectivity index (χ2n) is 13.8. The third kappa shape index (κ3) is 3.96. The highest BCUT2D eigenvalue weighted by Gasteiger charge is 2.24. The first-order valence-corrected chi connectivity index (χ1v) is 17.9. The van der Waals surface area contributed by atoms with Crippen LogP contribution in [0, 0.1) is 0 Å². The van der Waals surface area contributed by atoms with Crippen LogP contribution in [0.5, 0.6) is 0 Å². The van der Waals surface area contributed by atoms with E-state index in [4.69, 9.17) is 14.4 Å². The molecule has 0 fully saturated rings. The average Bonchev–Trinajstić information content (AvgIpc) is 3.87. The molecule has 4 aromatic heterocycles. The predicted octanol–water partition coefficient (Wildman–Crippen LogP) is 12.5. The maximum absolute atomic E-state index is 6.71. The molecule has 12 aromatic rings. The van der Waals surface area contributed by atoms with Gasteiger partial charge in [-0.05, 0) is 59.3 Å². The fourth-order valence-corrected chi connectivity index (χ4v) is 8.60. The molecule has 0 saturated carbocycles. The number of para-hydroxylation sites is 3. The first-order chi connectivity index (χ1) is 26.3. The molecule has 0 unspecified atom stereocenters. The summed E-state index contributed by atoms with van der Waals surface area (Å²) in [5.74, 6) is 0.638. The normalized spacial score (nSPS) is 12.2. The molecule has 0 aliphatic heterocycles. The van der Waals surface area contributed by atoms with Crippen LogP contribution in [-0.4, -0.2) is 19.1 Å². The van der Waals surface area contributed by atoms with Gasteiger partial charge in [0.25, 0.3) is 0 Å². The van der Waals surface area contributed by atoms with Gasteiger partial charge in [0.05, 0.1) is 33.3 Å². The van der Waals surface area contributed by atoms with E-state index in [1.165, 1.54) is 16.2 Å². The molecule has 12 rings (SSSR count). The van der Waals surface area contributed by atoms with Gasteiger partial charge in [0.1, 0.15) is 5.58 Å². The monoisotopic (exact) mass is 676 g/mol. The Morgan fingerprint density at radius 3 is 2.00 bits per heavy atom. The van der Waals surface area contributed by atoms with Crippen molar-refractivity contribution in [2.24, 2.45) is 0 Å². The van der Waals surface area contributed by atoms with E-state index in [0.29, 0.717) is 5.95 Å². The van der Waals surface area contributed by atoms with Crippen LogP contribution >= 0.6 is 0 Å². The highest BCUT2D eigenvalue weighted by atomic mass is 16.3. The van der Waals surface area contributed by atoms with Gasteiger partial charge in [0.2, 0.25) is 5.95 Å². The topological polar surface area (TPSA) is 48.8 Å². The van der Waals surface area contributed by atoms with Crippen molar-refractivity contribution in [3.63, 3.8) is 0 Å². The molecule has 0 N–H and O–H groups in total. The lowest BCUT2D eigenvalue weighted by Gasteiger charge is -2.12. The largest absolute Gasteiger partial charge is 0.454 e. The van der Waals surface area contributed by atoms with Crippen LogP contribution in [0.3, 0.4) is 0 Å². The number of hydrogen-bond donors (Lipinski definition) is 0. The lowest BCUT2D eigenvalue weighted by atomic mass is 10.0. The molecule has 0 saturated heterocycles. The van der Waals surface area contributed by atoms with Crippen LogP contribution in [0.15, 0.2) is 174 Å². The van der Waals surface area contributed by atoms with Gasteiger partial charge < -0.3 is 8.98 Å². The van der Waals surface area contributed by atoms with E-state index in [0.717, 1.165) is 88.0 Å². The molecule has 0 amide bonds. The molecule has 8 aromatic carbocycles. The molecule has 53 heavy (non-hydrogen) atoms. The zero-order valence-corrected chi connectivity index (χ0v) is 28.4. The van der Waals surface area contributed by atoms with Crippen molar-refractivity contribution in [3.05, 3.63) is 170 Å². The Morgan fingerprint density at radius 1 is 0.434 bits per heavy atom. The number of fused-ring (bicyclic) bond motifs is 13. The predicted molar refractivity (Wildman–Crippen MR) is 218 cm³/mol. The number of aromatic nitrogens is 4. The summed E-state index contributed by atoms with van der Waals surface area (Å²) in [6, 6.07) is 59.9. The maximum Gasteiger partial charge on any atom is 0.235 e. The minimum atomic E-state index is 0.638. The van der Waals surface area contributed by atoms with Gasteiger partial charge >= 0.3 is 0 Å². The summed E-state index contributed by atoms with van der Waals surface area (Å²) in [5, 5.41) is 10.3. The molecule has 0 aliphatic carbocycles. The van der Waals surface area contributed by atoms with Crippen molar-refractivity contribution in [1.82, 2.24) is 19.1 Å². The second-order valence-corrected chi connectivity index (χ2v) is 13.8. The van der Waals surface area contributed by atoms with Crippen LogP contribution in [0.1, 0.15) is 0 Å². The molecule has 0 aliphatic rings. The van der Waals surface area contributed by atoms with Crippen molar-refractivity contribution < 1.29 is 4.42 Å². The zero-order valence-electron chi connectivity index (χ0n) is 28.4. The molecule has 0 bridgehead atoms. The Balaban J connectivity index is 1.29. The van der Waals surface area contributed by atoms with Crippen molar-refractivity contribution in [3.8, 4) is 22.9 Å². The van der Waals surface area contributed by atoms with Crippen LogP contribution in [-0.2, 0) is 0 Å². The van der Waals surface area contributed by atoms with Gasteiger partial charge in [-0.25, -0.2) is 9.97 Å². The average molecular weight is 677 g/mol. The van der Waals surface area contributed by atoms with Crippen LogP contribution < -0.4 is 0 Å². The van der Waals surface area contributed by atoms with Crippen molar-refractivity contribution in [2.45, 2.75) is 0 Å². The Morgan fingerprint density at radius 2 is 1.13 bits per heavy atom. The van der Waals surface area contributed by atoms with Gasteiger partial charge in [0, 0.05) is 49.0 Å². The minimum absolute atomic E-state index is 0.638. The lowest BCUT2D eigenvalue weighted by Crippen LogP contribution is -2.03. The Kier molecular flexibility index (Phi) is 5.71. The van der Waals surface area contributed by atoms with E-state index in [1.807, 2.05) is 18.2 Å². The molecule has 5 nitrogen and oxygen atoms in total.